The molecule has 7 heteroatoms. The van der Waals surface area contributed by atoms with Gasteiger partial charge in [-0.05, 0) is 40.4 Å². The second-order valence-electron chi connectivity index (χ2n) is 4.24. The van der Waals surface area contributed by atoms with Crippen molar-refractivity contribution in [2.24, 2.45) is 5.73 Å². The fourth-order valence-electron chi connectivity index (χ4n) is 1.60. The summed E-state index contributed by atoms with van der Waals surface area (Å²) in [6.07, 6.45) is -3.22. The second kappa shape index (κ2) is 7.85. The molecule has 0 fully saturated rings. The molecule has 20 heavy (non-hydrogen) atoms. The van der Waals surface area contributed by atoms with E-state index < -0.39 is 13.0 Å². The minimum atomic E-state index is -4.63. The van der Waals surface area contributed by atoms with E-state index in [9.17, 15) is 13.2 Å². The summed E-state index contributed by atoms with van der Waals surface area (Å²) in [6, 6.07) is 5.43. The summed E-state index contributed by atoms with van der Waals surface area (Å²) in [5, 5.41) is 0. The van der Waals surface area contributed by atoms with Gasteiger partial charge in [0.2, 0.25) is 0 Å². The summed E-state index contributed by atoms with van der Waals surface area (Å²) >= 11 is 3.32. The Morgan fingerprint density at radius 3 is 2.60 bits per heavy atom. The van der Waals surface area contributed by atoms with E-state index in [1.807, 2.05) is 19.1 Å². The minimum absolute atomic E-state index is 0.0157. The molecule has 0 heterocycles. The van der Waals surface area contributed by atoms with Gasteiger partial charge in [0.1, 0.15) is 12.4 Å². The van der Waals surface area contributed by atoms with Gasteiger partial charge in [0.25, 0.3) is 0 Å². The lowest BCUT2D eigenvalue weighted by molar-refractivity contribution is -0.325. The summed E-state index contributed by atoms with van der Waals surface area (Å²) in [7, 11) is 0. The molecule has 1 aromatic carbocycles. The molecule has 114 valence electrons. The SMILES string of the molecule is CCC(N)Cc1cccc(Br)c1OCCOC(F)(F)F. The Morgan fingerprint density at radius 2 is 2.00 bits per heavy atom. The summed E-state index contributed by atoms with van der Waals surface area (Å²) in [5.74, 6) is 0.516. The van der Waals surface area contributed by atoms with E-state index in [1.165, 1.54) is 0 Å². The molecule has 0 spiro atoms. The van der Waals surface area contributed by atoms with Crippen LogP contribution in [0.25, 0.3) is 0 Å². The van der Waals surface area contributed by atoms with Crippen LogP contribution in [0.15, 0.2) is 22.7 Å². The van der Waals surface area contributed by atoms with Gasteiger partial charge in [-0.25, -0.2) is 0 Å². The lowest BCUT2D eigenvalue weighted by atomic mass is 10.0. The van der Waals surface area contributed by atoms with Crippen molar-refractivity contribution in [3.05, 3.63) is 28.2 Å². The van der Waals surface area contributed by atoms with E-state index in [1.54, 1.807) is 6.07 Å². The van der Waals surface area contributed by atoms with Crippen molar-refractivity contribution in [1.82, 2.24) is 0 Å². The number of hydrogen-bond acceptors (Lipinski definition) is 3. The Bertz CT molecular complexity index is 427. The largest absolute Gasteiger partial charge is 0.522 e. The van der Waals surface area contributed by atoms with Crippen LogP contribution in [-0.4, -0.2) is 25.6 Å². The molecule has 0 aliphatic carbocycles. The van der Waals surface area contributed by atoms with Crippen molar-refractivity contribution in [3.8, 4) is 5.75 Å². The molecule has 0 bridgehead atoms. The zero-order valence-electron chi connectivity index (χ0n) is 11.0. The third-order valence-corrected chi connectivity index (χ3v) is 3.27. The average Bonchev–Trinajstić information content (AvgIpc) is 2.35. The number of ether oxygens (including phenoxy) is 2. The first kappa shape index (κ1) is 17.3. The fraction of sp³-hybridized carbons (Fsp3) is 0.538. The molecule has 1 rings (SSSR count). The van der Waals surface area contributed by atoms with E-state index >= 15 is 0 Å². The second-order valence-corrected chi connectivity index (χ2v) is 5.10. The van der Waals surface area contributed by atoms with Gasteiger partial charge in [0.15, 0.2) is 0 Å². The molecule has 0 amide bonds. The van der Waals surface area contributed by atoms with Crippen LogP contribution in [0.2, 0.25) is 0 Å². The zero-order valence-corrected chi connectivity index (χ0v) is 12.6. The molecule has 1 atom stereocenters. The third-order valence-electron chi connectivity index (χ3n) is 2.65. The van der Waals surface area contributed by atoms with E-state index in [0.717, 1.165) is 12.0 Å². The molecule has 3 nitrogen and oxygen atoms in total. The maximum atomic E-state index is 11.9. The smallest absolute Gasteiger partial charge is 0.490 e. The highest BCUT2D eigenvalue weighted by atomic mass is 79.9. The summed E-state index contributed by atoms with van der Waals surface area (Å²) < 4.78 is 45.3. The van der Waals surface area contributed by atoms with E-state index in [2.05, 4.69) is 20.7 Å². The van der Waals surface area contributed by atoms with Gasteiger partial charge in [-0.3, -0.25) is 4.74 Å². The lowest BCUT2D eigenvalue weighted by Gasteiger charge is -2.16. The quantitative estimate of drug-likeness (QED) is 0.759. The van der Waals surface area contributed by atoms with E-state index in [0.29, 0.717) is 16.6 Å². The van der Waals surface area contributed by atoms with Crippen LogP contribution in [0, 0.1) is 0 Å². The van der Waals surface area contributed by atoms with Crippen molar-refractivity contribution in [2.75, 3.05) is 13.2 Å². The Balaban J connectivity index is 2.63. The Morgan fingerprint density at radius 1 is 1.30 bits per heavy atom. The number of nitrogens with two attached hydrogens (primary N) is 1. The molecule has 0 aromatic heterocycles. The van der Waals surface area contributed by atoms with Crippen molar-refractivity contribution < 1.29 is 22.6 Å². The number of para-hydroxylation sites is 1. The standard InChI is InChI=1S/C13H17BrF3NO2/c1-2-10(18)8-9-4-3-5-11(14)12(9)19-6-7-20-13(15,16)17/h3-5,10H,2,6-8,18H2,1H3. The van der Waals surface area contributed by atoms with Crippen LogP contribution in [0.4, 0.5) is 13.2 Å². The highest BCUT2D eigenvalue weighted by Gasteiger charge is 2.28. The highest BCUT2D eigenvalue weighted by Crippen LogP contribution is 2.30. The van der Waals surface area contributed by atoms with Gasteiger partial charge >= 0.3 is 6.36 Å². The summed E-state index contributed by atoms with van der Waals surface area (Å²) in [4.78, 5) is 0. The number of alkyl halides is 3. The molecule has 2 N–H and O–H groups in total. The van der Waals surface area contributed by atoms with Gasteiger partial charge in [0, 0.05) is 6.04 Å². The van der Waals surface area contributed by atoms with Gasteiger partial charge in [-0.2, -0.15) is 0 Å². The zero-order chi connectivity index (χ0) is 15.2. The minimum Gasteiger partial charge on any atom is -0.490 e. The maximum Gasteiger partial charge on any atom is 0.522 e. The van der Waals surface area contributed by atoms with Crippen LogP contribution < -0.4 is 10.5 Å². The Labute approximate surface area is 124 Å². The third kappa shape index (κ3) is 6.11. The molecule has 0 saturated carbocycles. The number of rotatable bonds is 7. The average molecular weight is 356 g/mol. The molecule has 1 unspecified atom stereocenters. The molecule has 0 saturated heterocycles. The van der Waals surface area contributed by atoms with E-state index in [4.69, 9.17) is 10.5 Å². The highest BCUT2D eigenvalue weighted by molar-refractivity contribution is 9.10. The van der Waals surface area contributed by atoms with Crippen molar-refractivity contribution in [1.29, 1.82) is 0 Å². The Kier molecular flexibility index (Phi) is 6.78. The van der Waals surface area contributed by atoms with Crippen molar-refractivity contribution in [2.45, 2.75) is 32.2 Å². The van der Waals surface area contributed by atoms with E-state index in [-0.39, 0.29) is 12.6 Å². The van der Waals surface area contributed by atoms with Crippen LogP contribution in [-0.2, 0) is 11.2 Å². The van der Waals surface area contributed by atoms with Crippen LogP contribution in [0.3, 0.4) is 0 Å². The molecular weight excluding hydrogens is 339 g/mol. The maximum absolute atomic E-state index is 11.9. The predicted octanol–water partition coefficient (Wildman–Crippen LogP) is 3.64. The monoisotopic (exact) mass is 355 g/mol. The van der Waals surface area contributed by atoms with Gasteiger partial charge in [0.05, 0.1) is 11.1 Å². The topological polar surface area (TPSA) is 44.5 Å². The summed E-state index contributed by atoms with van der Waals surface area (Å²) in [6.45, 7) is 1.24. The predicted molar refractivity (Wildman–Crippen MR) is 73.6 cm³/mol. The summed E-state index contributed by atoms with van der Waals surface area (Å²) in [5.41, 5.74) is 6.75. The molecule has 1 aromatic rings. The fourth-order valence-corrected chi connectivity index (χ4v) is 2.13. The van der Waals surface area contributed by atoms with Crippen LogP contribution in [0.5, 0.6) is 5.75 Å². The first-order chi connectivity index (χ1) is 9.33. The van der Waals surface area contributed by atoms with Crippen LogP contribution >= 0.6 is 15.9 Å². The lowest BCUT2D eigenvalue weighted by Crippen LogP contribution is -2.22. The number of benzene rings is 1. The normalized spacial score (nSPS) is 13.3. The first-order valence-electron chi connectivity index (χ1n) is 6.20. The number of halogens is 4. The molecular formula is C13H17BrF3NO2. The molecule has 0 aliphatic heterocycles. The first-order valence-corrected chi connectivity index (χ1v) is 6.99. The van der Waals surface area contributed by atoms with Crippen molar-refractivity contribution >= 4 is 15.9 Å². The molecule has 0 aliphatic rings. The van der Waals surface area contributed by atoms with Crippen molar-refractivity contribution in [3.63, 3.8) is 0 Å². The number of hydrogen-bond donors (Lipinski definition) is 1. The van der Waals surface area contributed by atoms with Crippen LogP contribution in [0.1, 0.15) is 18.9 Å². The Hall–Kier alpha value is -0.790. The van der Waals surface area contributed by atoms with Gasteiger partial charge in [-0.15, -0.1) is 13.2 Å². The molecule has 0 radical (unpaired) electrons. The van der Waals surface area contributed by atoms with Gasteiger partial charge in [-0.1, -0.05) is 19.1 Å². The van der Waals surface area contributed by atoms with Gasteiger partial charge < -0.3 is 10.5 Å².